The molecular weight excluding hydrogens is 242 g/mol. The minimum atomic E-state index is -0.503. The van der Waals surface area contributed by atoms with E-state index in [1.54, 1.807) is 12.1 Å². The molecule has 2 N–H and O–H groups in total. The molecule has 104 valence electrons. The van der Waals surface area contributed by atoms with Crippen molar-refractivity contribution >= 4 is 5.97 Å². The molecule has 19 heavy (non-hydrogen) atoms. The maximum Gasteiger partial charge on any atom is 0.341 e. The lowest BCUT2D eigenvalue weighted by Gasteiger charge is -2.23. The third kappa shape index (κ3) is 3.70. The average Bonchev–Trinajstić information content (AvgIpc) is 2.46. The van der Waals surface area contributed by atoms with E-state index in [9.17, 15) is 9.90 Å². The molecule has 0 atom stereocenters. The van der Waals surface area contributed by atoms with Crippen molar-refractivity contribution < 1.29 is 14.6 Å². The van der Waals surface area contributed by atoms with E-state index >= 15 is 0 Å². The second-order valence-electron chi connectivity index (χ2n) is 5.06. The standard InChI is InChI=1S/C15H21NO3/c1-19-15(18)13-9-11(7-8-14(13)17)10-16-12-5-3-2-4-6-12/h7-9,12,16-17H,2-6,10H2,1H3. The molecule has 4 heteroatoms. The number of esters is 1. The van der Waals surface area contributed by atoms with Crippen molar-refractivity contribution in [2.45, 2.75) is 44.7 Å². The Labute approximate surface area is 113 Å². The zero-order chi connectivity index (χ0) is 13.7. The Morgan fingerprint density at radius 3 is 2.79 bits per heavy atom. The summed E-state index contributed by atoms with van der Waals surface area (Å²) in [5, 5.41) is 13.1. The topological polar surface area (TPSA) is 58.6 Å². The second kappa shape index (κ2) is 6.57. The molecular formula is C15H21NO3. The summed E-state index contributed by atoms with van der Waals surface area (Å²) in [6, 6.07) is 5.64. The van der Waals surface area contributed by atoms with E-state index in [0.29, 0.717) is 6.04 Å². The number of nitrogens with one attached hydrogen (secondary N) is 1. The summed E-state index contributed by atoms with van der Waals surface area (Å²) in [7, 11) is 1.31. The molecule has 0 spiro atoms. The van der Waals surface area contributed by atoms with Gasteiger partial charge in [-0.25, -0.2) is 4.79 Å². The zero-order valence-electron chi connectivity index (χ0n) is 11.3. The molecule has 1 aromatic rings. The molecule has 2 rings (SSSR count). The van der Waals surface area contributed by atoms with Gasteiger partial charge in [0.15, 0.2) is 0 Å². The fraction of sp³-hybridized carbons (Fsp3) is 0.533. The van der Waals surface area contributed by atoms with Crippen molar-refractivity contribution in [1.82, 2.24) is 5.32 Å². The Balaban J connectivity index is 1.98. The van der Waals surface area contributed by atoms with Gasteiger partial charge in [-0.05, 0) is 30.5 Å². The van der Waals surface area contributed by atoms with E-state index in [4.69, 9.17) is 0 Å². The number of hydrogen-bond donors (Lipinski definition) is 2. The molecule has 0 aliphatic heterocycles. The molecule has 1 aliphatic rings. The van der Waals surface area contributed by atoms with Gasteiger partial charge in [-0.2, -0.15) is 0 Å². The summed E-state index contributed by atoms with van der Waals surface area (Å²) < 4.78 is 4.65. The van der Waals surface area contributed by atoms with Crippen LogP contribution in [0.25, 0.3) is 0 Å². The van der Waals surface area contributed by atoms with Crippen molar-refractivity contribution in [3.63, 3.8) is 0 Å². The minimum Gasteiger partial charge on any atom is -0.507 e. The first-order chi connectivity index (χ1) is 9.20. The van der Waals surface area contributed by atoms with Gasteiger partial charge in [0.25, 0.3) is 0 Å². The average molecular weight is 263 g/mol. The van der Waals surface area contributed by atoms with Gasteiger partial charge in [-0.15, -0.1) is 0 Å². The normalized spacial score (nSPS) is 16.3. The fourth-order valence-electron chi connectivity index (χ4n) is 2.54. The van der Waals surface area contributed by atoms with Crippen LogP contribution in [0.2, 0.25) is 0 Å². The summed E-state index contributed by atoms with van der Waals surface area (Å²) in [6.07, 6.45) is 6.37. The first-order valence-electron chi connectivity index (χ1n) is 6.84. The highest BCUT2D eigenvalue weighted by Gasteiger charge is 2.14. The van der Waals surface area contributed by atoms with Crippen LogP contribution in [0.5, 0.6) is 5.75 Å². The molecule has 0 heterocycles. The first-order valence-corrected chi connectivity index (χ1v) is 6.84. The molecule has 1 aliphatic carbocycles. The molecule has 1 saturated carbocycles. The van der Waals surface area contributed by atoms with Gasteiger partial charge in [0.1, 0.15) is 11.3 Å². The maximum atomic E-state index is 11.5. The third-order valence-corrected chi connectivity index (χ3v) is 3.67. The highest BCUT2D eigenvalue weighted by Crippen LogP contribution is 2.21. The van der Waals surface area contributed by atoms with Crippen molar-refractivity contribution in [2.24, 2.45) is 0 Å². The first kappa shape index (κ1) is 13.9. The van der Waals surface area contributed by atoms with Crippen LogP contribution < -0.4 is 5.32 Å². The van der Waals surface area contributed by atoms with Crippen LogP contribution in [0.15, 0.2) is 18.2 Å². The summed E-state index contributed by atoms with van der Waals surface area (Å²) in [5.41, 5.74) is 1.22. The van der Waals surface area contributed by atoms with Gasteiger partial charge < -0.3 is 15.2 Å². The number of carbonyl (C=O) groups is 1. The van der Waals surface area contributed by atoms with E-state index in [1.165, 1.54) is 39.2 Å². The van der Waals surface area contributed by atoms with E-state index in [0.717, 1.165) is 12.1 Å². The van der Waals surface area contributed by atoms with E-state index in [-0.39, 0.29) is 11.3 Å². The maximum absolute atomic E-state index is 11.5. The Hall–Kier alpha value is -1.55. The molecule has 1 fully saturated rings. The van der Waals surface area contributed by atoms with E-state index < -0.39 is 5.97 Å². The molecule has 0 unspecified atom stereocenters. The molecule has 0 amide bonds. The highest BCUT2D eigenvalue weighted by atomic mass is 16.5. The molecule has 4 nitrogen and oxygen atoms in total. The largest absolute Gasteiger partial charge is 0.507 e. The number of rotatable bonds is 4. The van der Waals surface area contributed by atoms with Crippen LogP contribution in [-0.4, -0.2) is 24.2 Å². The Morgan fingerprint density at radius 2 is 2.11 bits per heavy atom. The van der Waals surface area contributed by atoms with Gasteiger partial charge in [0.2, 0.25) is 0 Å². The fourth-order valence-corrected chi connectivity index (χ4v) is 2.54. The summed E-state index contributed by atoms with van der Waals surface area (Å²) in [5.74, 6) is -0.537. The van der Waals surface area contributed by atoms with Crippen LogP contribution in [-0.2, 0) is 11.3 Å². The Kier molecular flexibility index (Phi) is 4.80. The van der Waals surface area contributed by atoms with E-state index in [1.807, 2.05) is 6.07 Å². The third-order valence-electron chi connectivity index (χ3n) is 3.67. The van der Waals surface area contributed by atoms with Crippen molar-refractivity contribution in [3.05, 3.63) is 29.3 Å². The summed E-state index contributed by atoms with van der Waals surface area (Å²) in [6.45, 7) is 0.717. The van der Waals surface area contributed by atoms with Gasteiger partial charge in [0.05, 0.1) is 7.11 Å². The number of ether oxygens (including phenoxy) is 1. The smallest absolute Gasteiger partial charge is 0.341 e. The highest BCUT2D eigenvalue weighted by molar-refractivity contribution is 5.92. The summed E-state index contributed by atoms with van der Waals surface area (Å²) >= 11 is 0. The lowest BCUT2D eigenvalue weighted by molar-refractivity contribution is 0.0597. The van der Waals surface area contributed by atoms with Gasteiger partial charge >= 0.3 is 5.97 Å². The number of carbonyl (C=O) groups excluding carboxylic acids is 1. The van der Waals surface area contributed by atoms with Gasteiger partial charge in [-0.3, -0.25) is 0 Å². The van der Waals surface area contributed by atoms with Crippen molar-refractivity contribution in [2.75, 3.05) is 7.11 Å². The number of hydrogen-bond acceptors (Lipinski definition) is 4. The SMILES string of the molecule is COC(=O)c1cc(CNC2CCCCC2)ccc1O. The number of benzene rings is 1. The minimum absolute atomic E-state index is 0.0340. The van der Waals surface area contributed by atoms with Crippen LogP contribution in [0.3, 0.4) is 0 Å². The number of methoxy groups -OCH3 is 1. The molecule has 0 bridgehead atoms. The van der Waals surface area contributed by atoms with Crippen molar-refractivity contribution in [1.29, 1.82) is 0 Å². The number of aromatic hydroxyl groups is 1. The molecule has 0 saturated heterocycles. The van der Waals surface area contributed by atoms with Crippen LogP contribution >= 0.6 is 0 Å². The zero-order valence-corrected chi connectivity index (χ0v) is 11.3. The molecule has 0 radical (unpaired) electrons. The Bertz CT molecular complexity index is 439. The summed E-state index contributed by atoms with van der Waals surface area (Å²) in [4.78, 5) is 11.5. The van der Waals surface area contributed by atoms with Gasteiger partial charge in [0, 0.05) is 12.6 Å². The predicted molar refractivity (Wildman–Crippen MR) is 73.2 cm³/mol. The predicted octanol–water partition coefficient (Wildman–Crippen LogP) is 2.60. The monoisotopic (exact) mass is 263 g/mol. The second-order valence-corrected chi connectivity index (χ2v) is 5.06. The number of phenolic OH excluding ortho intramolecular Hbond substituents is 1. The van der Waals surface area contributed by atoms with Crippen LogP contribution in [0.4, 0.5) is 0 Å². The van der Waals surface area contributed by atoms with Gasteiger partial charge in [-0.1, -0.05) is 25.3 Å². The lowest BCUT2D eigenvalue weighted by atomic mass is 9.95. The molecule has 0 aromatic heterocycles. The Morgan fingerprint density at radius 1 is 1.37 bits per heavy atom. The van der Waals surface area contributed by atoms with Crippen LogP contribution in [0.1, 0.15) is 48.0 Å². The number of phenols is 1. The van der Waals surface area contributed by atoms with Crippen LogP contribution in [0, 0.1) is 0 Å². The molecule has 1 aromatic carbocycles. The van der Waals surface area contributed by atoms with Crippen molar-refractivity contribution in [3.8, 4) is 5.75 Å². The van der Waals surface area contributed by atoms with E-state index in [2.05, 4.69) is 10.1 Å². The lowest BCUT2D eigenvalue weighted by Crippen LogP contribution is -2.30. The quantitative estimate of drug-likeness (QED) is 0.820.